The van der Waals surface area contributed by atoms with Gasteiger partial charge in [-0.3, -0.25) is 9.80 Å². The number of methoxy groups -OCH3 is 2. The smallest absolute Gasteiger partial charge is 0.467 e. The molecule has 0 saturated carbocycles. The summed E-state index contributed by atoms with van der Waals surface area (Å²) in [6, 6.07) is -1.53. The van der Waals surface area contributed by atoms with Crippen molar-refractivity contribution in [2.75, 3.05) is 40.4 Å². The minimum atomic E-state index is -1.06. The number of nitrogens with one attached hydrogen (secondary N) is 1. The number of nitrogens with two attached hydrogens (primary N) is 1. The molecule has 4 aliphatic rings. The lowest BCUT2D eigenvalue weighted by molar-refractivity contribution is -0.148. The lowest BCUT2D eigenvalue weighted by Crippen LogP contribution is -2.46. The second kappa shape index (κ2) is 29.7. The molecule has 480 valence electrons. The number of nitrogens with zero attached hydrogens (tertiary/aromatic N) is 2. The number of ether oxygens (including phenoxy) is 8. The number of alkyl carbamates (subject to hydrolysis) is 1. The van der Waals surface area contributed by atoms with Crippen molar-refractivity contribution < 1.29 is 90.1 Å². The van der Waals surface area contributed by atoms with Crippen molar-refractivity contribution in [3.05, 3.63) is 0 Å². The molecule has 4 unspecified atom stereocenters. The standard InChI is InChI=1S/C26H47BN2O8.C21H39BN2O6.C10H18O5.CH4/c1-23(2,3)34-21(31)28-15-17-16-29(22(32)35-24(4,5)6)19(20(30)33-11)18(17)13-12-14-27-36-25(7,8)26(9,10)37-27;1-19(2,3)28-18(26)24-13-14(12-23)15(16(24)17(25)27-8)10-9-11-22-29-20(4,5)21(6,7)30-22;1-9(2,3)14-7(11)13-8(12)15-10(4,5)6;/h17-19H,12-16H2,1-11H3,(H,28,31);14-16H,9-13,23H2,1-8H3;1-6H3;1H4/t17?,18?,19-;14?,15?,16-;;/m00../s1. The first-order valence-corrected chi connectivity index (χ1v) is 28.6. The number of rotatable bonds is 13. The molecular weight excluding hydrogens is 1080 g/mol. The molecule has 4 aliphatic heterocycles. The Morgan fingerprint density at radius 2 is 0.807 bits per heavy atom. The first-order valence-electron chi connectivity index (χ1n) is 28.6. The van der Waals surface area contributed by atoms with Gasteiger partial charge in [-0.1, -0.05) is 20.3 Å². The van der Waals surface area contributed by atoms with E-state index in [2.05, 4.69) is 10.1 Å². The molecule has 83 heavy (non-hydrogen) atoms. The van der Waals surface area contributed by atoms with Crippen LogP contribution in [0.2, 0.25) is 12.6 Å². The Morgan fingerprint density at radius 1 is 0.506 bits per heavy atom. The highest BCUT2D eigenvalue weighted by atomic mass is 16.8. The summed E-state index contributed by atoms with van der Waals surface area (Å²) in [7, 11) is 2.00. The summed E-state index contributed by atoms with van der Waals surface area (Å²) in [6.07, 6.45) is 0.380. The summed E-state index contributed by atoms with van der Waals surface area (Å²) < 4.78 is 64.8. The fourth-order valence-corrected chi connectivity index (χ4v) is 9.44. The molecule has 23 nitrogen and oxygen atoms in total. The van der Waals surface area contributed by atoms with Crippen LogP contribution in [0.5, 0.6) is 0 Å². The van der Waals surface area contributed by atoms with E-state index in [1.165, 1.54) is 24.0 Å². The number of amides is 3. The lowest BCUT2D eigenvalue weighted by atomic mass is 9.78. The molecule has 3 N–H and O–H groups in total. The first kappa shape index (κ1) is 76.4. The Hall–Kier alpha value is -4.58. The second-order valence-corrected chi connectivity index (χ2v) is 28.4. The van der Waals surface area contributed by atoms with Gasteiger partial charge in [0.15, 0.2) is 0 Å². The zero-order valence-corrected chi connectivity index (χ0v) is 54.4. The summed E-state index contributed by atoms with van der Waals surface area (Å²) in [5.74, 6) is -1.51. The van der Waals surface area contributed by atoms with Crippen molar-refractivity contribution >= 4 is 56.8 Å². The van der Waals surface area contributed by atoms with Gasteiger partial charge in [0.25, 0.3) is 0 Å². The summed E-state index contributed by atoms with van der Waals surface area (Å²) in [4.78, 5) is 88.6. The number of likely N-dealkylation sites (tertiary alicyclic amines) is 2. The van der Waals surface area contributed by atoms with Crippen LogP contribution in [0.4, 0.5) is 24.0 Å². The minimum Gasteiger partial charge on any atom is -0.467 e. The molecule has 4 heterocycles. The first-order chi connectivity index (χ1) is 37.0. The van der Waals surface area contributed by atoms with Gasteiger partial charge in [0.05, 0.1) is 36.6 Å². The maximum atomic E-state index is 13.1. The quantitative estimate of drug-likeness (QED) is 0.0750. The van der Waals surface area contributed by atoms with E-state index in [9.17, 15) is 33.6 Å². The van der Waals surface area contributed by atoms with Crippen molar-refractivity contribution in [1.29, 1.82) is 0 Å². The largest absolute Gasteiger partial charge is 0.519 e. The number of hydrogen-bond donors (Lipinski definition) is 2. The van der Waals surface area contributed by atoms with Gasteiger partial charge in [0.1, 0.15) is 40.1 Å². The SMILES string of the molecule is C.CC(C)(C)OC(=O)OC(=O)OC(C)(C)C.COC(=O)[C@@H]1C(CCCB2OC(C)(C)C(C)(C)O2)C(CN)CN1C(=O)OC(C)(C)C.COC(=O)[C@@H]1C(CCCB2OC(C)(C)C(C)(C)O2)C(CNC(=O)OC(C)(C)C)CN1C(=O)OC(C)(C)C. The topological polar surface area (TPSA) is 275 Å². The normalized spacial score (nSPS) is 23.4. The van der Waals surface area contributed by atoms with E-state index >= 15 is 0 Å². The second-order valence-electron chi connectivity index (χ2n) is 28.4. The van der Waals surface area contributed by atoms with Gasteiger partial charge < -0.3 is 67.6 Å². The predicted octanol–water partition coefficient (Wildman–Crippen LogP) is 10.8. The fourth-order valence-electron chi connectivity index (χ4n) is 9.44. The van der Waals surface area contributed by atoms with Gasteiger partial charge in [0, 0.05) is 19.6 Å². The highest BCUT2D eigenvalue weighted by molar-refractivity contribution is 6.45. The van der Waals surface area contributed by atoms with Crippen LogP contribution >= 0.6 is 0 Å². The van der Waals surface area contributed by atoms with Crippen LogP contribution in [0.25, 0.3) is 0 Å². The number of esters is 2. The Bertz CT molecular complexity index is 2100. The maximum absolute atomic E-state index is 13.1. The molecule has 25 heteroatoms. The lowest BCUT2D eigenvalue weighted by Gasteiger charge is -2.32. The Kier molecular flexibility index (Phi) is 27.3. The van der Waals surface area contributed by atoms with E-state index in [0.29, 0.717) is 45.0 Å². The summed E-state index contributed by atoms with van der Waals surface area (Å²) in [5.41, 5.74) is 1.01. The van der Waals surface area contributed by atoms with Crippen LogP contribution in [-0.2, 0) is 66.1 Å². The minimum absolute atomic E-state index is 0. The van der Waals surface area contributed by atoms with Gasteiger partial charge in [-0.2, -0.15) is 0 Å². The molecule has 0 radical (unpaired) electrons. The van der Waals surface area contributed by atoms with Crippen molar-refractivity contribution in [3.63, 3.8) is 0 Å². The molecule has 4 fully saturated rings. The molecule has 0 aromatic rings. The Morgan fingerprint density at radius 3 is 1.10 bits per heavy atom. The van der Waals surface area contributed by atoms with Crippen LogP contribution in [0, 0.1) is 23.7 Å². The third kappa shape index (κ3) is 24.7. The molecule has 4 saturated heterocycles. The highest BCUT2D eigenvalue weighted by Crippen LogP contribution is 2.42. The van der Waals surface area contributed by atoms with Crippen LogP contribution in [-0.4, -0.2) is 169 Å². The number of carbonyl (C=O) groups excluding carboxylic acids is 7. The van der Waals surface area contributed by atoms with E-state index in [1.54, 1.807) is 104 Å². The van der Waals surface area contributed by atoms with Gasteiger partial charge in [-0.15, -0.1) is 0 Å². The van der Waals surface area contributed by atoms with E-state index in [4.69, 9.17) is 57.5 Å². The van der Waals surface area contributed by atoms with Crippen molar-refractivity contribution in [1.82, 2.24) is 15.1 Å². The van der Waals surface area contributed by atoms with E-state index < -0.39 is 93.8 Å². The summed E-state index contributed by atoms with van der Waals surface area (Å²) in [6.45, 7) is 43.5. The monoisotopic (exact) mass is 1190 g/mol. The Labute approximate surface area is 497 Å². The van der Waals surface area contributed by atoms with Crippen LogP contribution < -0.4 is 11.1 Å². The molecule has 0 aromatic heterocycles. The summed E-state index contributed by atoms with van der Waals surface area (Å²) in [5, 5.41) is 2.81. The number of carbonyl (C=O) groups is 7. The molecule has 0 bridgehead atoms. The molecule has 4 rings (SSSR count). The molecule has 0 aliphatic carbocycles. The van der Waals surface area contributed by atoms with E-state index in [0.717, 1.165) is 6.42 Å². The fraction of sp³-hybridized carbons (Fsp3) is 0.879. The maximum Gasteiger partial charge on any atom is 0.519 e. The third-order valence-corrected chi connectivity index (χ3v) is 14.4. The summed E-state index contributed by atoms with van der Waals surface area (Å²) >= 11 is 0. The van der Waals surface area contributed by atoms with Gasteiger partial charge >= 0.3 is 56.8 Å². The molecule has 3 amide bonds. The third-order valence-electron chi connectivity index (χ3n) is 14.4. The Balaban J connectivity index is 0.000000671. The average molecular weight is 1190 g/mol. The van der Waals surface area contributed by atoms with Crippen molar-refractivity contribution in [2.45, 2.75) is 267 Å². The van der Waals surface area contributed by atoms with Crippen LogP contribution in [0.1, 0.15) is 192 Å². The zero-order valence-electron chi connectivity index (χ0n) is 54.4. The van der Waals surface area contributed by atoms with Gasteiger partial charge in [0.2, 0.25) is 0 Å². The zero-order chi connectivity index (χ0) is 63.6. The van der Waals surface area contributed by atoms with Crippen molar-refractivity contribution in [3.8, 4) is 0 Å². The van der Waals surface area contributed by atoms with Gasteiger partial charge in [-0.05, 0) is 215 Å². The molecule has 0 aromatic carbocycles. The predicted molar refractivity (Wildman–Crippen MR) is 315 cm³/mol. The van der Waals surface area contributed by atoms with E-state index in [-0.39, 0.29) is 69.6 Å². The van der Waals surface area contributed by atoms with Crippen LogP contribution in [0.15, 0.2) is 0 Å². The molecule has 0 spiro atoms. The highest BCUT2D eigenvalue weighted by Gasteiger charge is 2.54. The number of hydrogen-bond acceptors (Lipinski definition) is 20. The van der Waals surface area contributed by atoms with Crippen LogP contribution in [0.3, 0.4) is 0 Å². The van der Waals surface area contributed by atoms with E-state index in [1.807, 2.05) is 55.4 Å². The molecule has 6 atom stereocenters. The molecular formula is C58H108B2N4O19. The van der Waals surface area contributed by atoms with Gasteiger partial charge in [-0.25, -0.2) is 33.6 Å². The van der Waals surface area contributed by atoms with Crippen molar-refractivity contribution in [2.24, 2.45) is 29.4 Å². The average Bonchev–Trinajstić information content (AvgIpc) is 4.20.